The van der Waals surface area contributed by atoms with E-state index in [0.717, 1.165) is 21.4 Å². The Labute approximate surface area is 183 Å². The Balaban J connectivity index is 1.62. The fraction of sp³-hybridized carbons (Fsp3) is 0.0833. The van der Waals surface area contributed by atoms with E-state index in [1.54, 1.807) is 12.1 Å². The molecule has 4 rings (SSSR count). The second-order valence-electron chi connectivity index (χ2n) is 7.22. The number of carbonyl (C=O) groups is 1. The molecule has 0 fully saturated rings. The van der Waals surface area contributed by atoms with E-state index in [1.165, 1.54) is 17.7 Å². The summed E-state index contributed by atoms with van der Waals surface area (Å²) in [6.45, 7) is 0.161. The standard InChI is InChI=1S/C24H21N5O3/c1-28(20(30)14-13-18-12-11-17-9-5-6-10-19(17)26-18)21-22(25)29(24(32)27-23(21)31)15-16-7-3-2-4-8-16/h2-14H,15,25H2,1H3,(H,27,31,32). The number of H-pyrrole nitrogens is 1. The number of carbonyl (C=O) groups excluding carboxylic acids is 1. The molecule has 0 unspecified atom stereocenters. The van der Waals surface area contributed by atoms with Crippen LogP contribution in [-0.2, 0) is 11.3 Å². The van der Waals surface area contributed by atoms with E-state index < -0.39 is 17.2 Å². The van der Waals surface area contributed by atoms with Gasteiger partial charge in [0.2, 0.25) is 0 Å². The van der Waals surface area contributed by atoms with Crippen LogP contribution < -0.4 is 21.9 Å². The van der Waals surface area contributed by atoms with E-state index in [0.29, 0.717) is 5.69 Å². The molecule has 0 aliphatic rings. The molecule has 0 saturated heterocycles. The van der Waals surface area contributed by atoms with Gasteiger partial charge in [0.1, 0.15) is 5.82 Å². The normalized spacial score (nSPS) is 11.2. The molecule has 0 aliphatic heterocycles. The van der Waals surface area contributed by atoms with Crippen molar-refractivity contribution in [1.82, 2.24) is 14.5 Å². The van der Waals surface area contributed by atoms with Gasteiger partial charge in [-0.2, -0.15) is 0 Å². The molecule has 0 radical (unpaired) electrons. The number of aromatic nitrogens is 3. The van der Waals surface area contributed by atoms with Gasteiger partial charge in [-0.05, 0) is 23.8 Å². The summed E-state index contributed by atoms with van der Waals surface area (Å²) in [5.41, 5.74) is 6.92. The van der Waals surface area contributed by atoms with Crippen molar-refractivity contribution in [3.8, 4) is 0 Å². The highest BCUT2D eigenvalue weighted by atomic mass is 16.2. The van der Waals surface area contributed by atoms with Crippen LogP contribution in [0.1, 0.15) is 11.3 Å². The van der Waals surface area contributed by atoms with Crippen molar-refractivity contribution in [3.63, 3.8) is 0 Å². The van der Waals surface area contributed by atoms with E-state index >= 15 is 0 Å². The van der Waals surface area contributed by atoms with Gasteiger partial charge in [0.25, 0.3) is 11.5 Å². The second-order valence-corrected chi connectivity index (χ2v) is 7.22. The number of pyridine rings is 1. The SMILES string of the molecule is CN(C(=O)C=Cc1ccc2ccccc2n1)c1c(N)n(Cc2ccccc2)c(=O)[nH]c1=O. The predicted molar refractivity (Wildman–Crippen MR) is 125 cm³/mol. The molecule has 0 bridgehead atoms. The monoisotopic (exact) mass is 427 g/mol. The van der Waals surface area contributed by atoms with Crippen molar-refractivity contribution >= 4 is 34.4 Å². The topological polar surface area (TPSA) is 114 Å². The summed E-state index contributed by atoms with van der Waals surface area (Å²) in [5, 5.41) is 0.994. The zero-order valence-electron chi connectivity index (χ0n) is 17.4. The third kappa shape index (κ3) is 4.20. The Morgan fingerprint density at radius 1 is 1.06 bits per heavy atom. The number of anilines is 2. The third-order valence-corrected chi connectivity index (χ3v) is 5.08. The molecule has 0 aliphatic carbocycles. The van der Waals surface area contributed by atoms with Gasteiger partial charge in [-0.15, -0.1) is 0 Å². The number of likely N-dealkylation sites (N-methyl/N-ethyl adjacent to an activating group) is 1. The van der Waals surface area contributed by atoms with Crippen molar-refractivity contribution in [2.24, 2.45) is 0 Å². The van der Waals surface area contributed by atoms with Crippen LogP contribution in [0.25, 0.3) is 17.0 Å². The van der Waals surface area contributed by atoms with E-state index in [2.05, 4.69) is 9.97 Å². The molecule has 0 spiro atoms. The minimum absolute atomic E-state index is 0.0873. The predicted octanol–water partition coefficient (Wildman–Crippen LogP) is 2.39. The summed E-state index contributed by atoms with van der Waals surface area (Å²) in [6.07, 6.45) is 2.87. The van der Waals surface area contributed by atoms with Gasteiger partial charge in [-0.3, -0.25) is 19.1 Å². The van der Waals surface area contributed by atoms with Crippen molar-refractivity contribution in [2.75, 3.05) is 17.7 Å². The van der Waals surface area contributed by atoms with Crippen molar-refractivity contribution in [1.29, 1.82) is 0 Å². The van der Waals surface area contributed by atoms with Crippen LogP contribution in [0.4, 0.5) is 11.5 Å². The maximum atomic E-state index is 12.8. The summed E-state index contributed by atoms with van der Waals surface area (Å²) >= 11 is 0. The number of nitrogens with two attached hydrogens (primary N) is 1. The number of aromatic amines is 1. The number of benzene rings is 2. The number of para-hydroxylation sites is 1. The van der Waals surface area contributed by atoms with Gasteiger partial charge < -0.3 is 10.6 Å². The molecule has 0 atom stereocenters. The highest BCUT2D eigenvalue weighted by Gasteiger charge is 2.19. The van der Waals surface area contributed by atoms with Crippen LogP contribution in [-0.4, -0.2) is 27.5 Å². The Hall–Kier alpha value is -4.46. The number of fused-ring (bicyclic) bond motifs is 1. The molecule has 2 heterocycles. The second kappa shape index (κ2) is 8.73. The van der Waals surface area contributed by atoms with Crippen molar-refractivity contribution in [2.45, 2.75) is 6.54 Å². The first-order valence-electron chi connectivity index (χ1n) is 9.92. The summed E-state index contributed by atoms with van der Waals surface area (Å²) < 4.78 is 1.23. The molecular weight excluding hydrogens is 406 g/mol. The fourth-order valence-corrected chi connectivity index (χ4v) is 3.38. The third-order valence-electron chi connectivity index (χ3n) is 5.08. The average molecular weight is 427 g/mol. The summed E-state index contributed by atoms with van der Waals surface area (Å²) in [6, 6.07) is 20.6. The van der Waals surface area contributed by atoms with Crippen LogP contribution in [0, 0.1) is 0 Å². The van der Waals surface area contributed by atoms with E-state index in [-0.39, 0.29) is 18.1 Å². The maximum Gasteiger partial charge on any atom is 0.330 e. The summed E-state index contributed by atoms with van der Waals surface area (Å²) in [4.78, 5) is 45.4. The quantitative estimate of drug-likeness (QED) is 0.475. The van der Waals surface area contributed by atoms with Crippen LogP contribution in [0.5, 0.6) is 0 Å². The largest absolute Gasteiger partial charge is 0.383 e. The molecule has 3 N–H and O–H groups in total. The van der Waals surface area contributed by atoms with E-state index in [9.17, 15) is 14.4 Å². The van der Waals surface area contributed by atoms with Gasteiger partial charge in [0, 0.05) is 18.5 Å². The highest BCUT2D eigenvalue weighted by Crippen LogP contribution is 2.17. The highest BCUT2D eigenvalue weighted by molar-refractivity contribution is 6.04. The zero-order chi connectivity index (χ0) is 22.7. The first kappa shape index (κ1) is 20.8. The molecule has 160 valence electrons. The average Bonchev–Trinajstić information content (AvgIpc) is 2.80. The molecule has 32 heavy (non-hydrogen) atoms. The number of nitrogen functional groups attached to an aromatic ring is 1. The van der Waals surface area contributed by atoms with Crippen LogP contribution in [0.2, 0.25) is 0 Å². The molecule has 0 saturated carbocycles. The van der Waals surface area contributed by atoms with Crippen LogP contribution >= 0.6 is 0 Å². The number of nitrogens with zero attached hydrogens (tertiary/aromatic N) is 3. The fourth-order valence-electron chi connectivity index (χ4n) is 3.38. The summed E-state index contributed by atoms with van der Waals surface area (Å²) in [5.74, 6) is -0.572. The smallest absolute Gasteiger partial charge is 0.330 e. The molecule has 2 aromatic carbocycles. The van der Waals surface area contributed by atoms with Gasteiger partial charge in [-0.1, -0.05) is 54.6 Å². The zero-order valence-corrected chi connectivity index (χ0v) is 17.4. The first-order valence-corrected chi connectivity index (χ1v) is 9.92. The van der Waals surface area contributed by atoms with Gasteiger partial charge in [-0.25, -0.2) is 9.78 Å². The van der Waals surface area contributed by atoms with Gasteiger partial charge in [0.15, 0.2) is 5.69 Å². The number of amides is 1. The van der Waals surface area contributed by atoms with E-state index in [4.69, 9.17) is 5.73 Å². The lowest BCUT2D eigenvalue weighted by molar-refractivity contribution is -0.113. The molecular formula is C24H21N5O3. The number of hydrogen-bond acceptors (Lipinski definition) is 5. The molecule has 1 amide bonds. The molecule has 8 nitrogen and oxygen atoms in total. The van der Waals surface area contributed by atoms with Crippen molar-refractivity contribution in [3.05, 3.63) is 105 Å². The number of hydrogen-bond donors (Lipinski definition) is 2. The Kier molecular flexibility index (Phi) is 5.67. The van der Waals surface area contributed by atoms with E-state index in [1.807, 2.05) is 60.7 Å². The lowest BCUT2D eigenvalue weighted by Gasteiger charge is -2.19. The lowest BCUT2D eigenvalue weighted by atomic mass is 10.2. The minimum Gasteiger partial charge on any atom is -0.383 e. The van der Waals surface area contributed by atoms with Gasteiger partial charge >= 0.3 is 5.69 Å². The maximum absolute atomic E-state index is 12.8. The number of rotatable bonds is 5. The van der Waals surface area contributed by atoms with Gasteiger partial charge in [0.05, 0.1) is 17.8 Å². The van der Waals surface area contributed by atoms with Crippen molar-refractivity contribution < 1.29 is 4.79 Å². The number of nitrogens with one attached hydrogen (secondary N) is 1. The first-order chi connectivity index (χ1) is 15.4. The Morgan fingerprint density at radius 2 is 1.78 bits per heavy atom. The summed E-state index contributed by atoms with van der Waals surface area (Å²) in [7, 11) is 1.43. The van der Waals surface area contributed by atoms with Crippen LogP contribution in [0.15, 0.2) is 82.4 Å². The Bertz CT molecular complexity index is 1440. The minimum atomic E-state index is -0.732. The Morgan fingerprint density at radius 3 is 2.56 bits per heavy atom. The van der Waals surface area contributed by atoms with Crippen LogP contribution in [0.3, 0.4) is 0 Å². The molecule has 4 aromatic rings. The molecule has 8 heteroatoms. The molecule has 2 aromatic heterocycles. The lowest BCUT2D eigenvalue weighted by Crippen LogP contribution is -2.39.